The Morgan fingerprint density at radius 1 is 0.971 bits per heavy atom. The summed E-state index contributed by atoms with van der Waals surface area (Å²) in [4.78, 5) is 12.7. The van der Waals surface area contributed by atoms with Crippen LogP contribution in [-0.2, 0) is 14.8 Å². The molecule has 0 aliphatic heterocycles. The molecule has 0 saturated heterocycles. The average Bonchev–Trinajstić information content (AvgIpc) is 2.85. The smallest absolute Gasteiger partial charge is 0.264 e. The standard InChI is InChI=1S/C24H24IN3O5S/c1-17(18-8-7-9-19(25)14-18)26-27-24(29)16-28(20-10-5-4-6-11-20)34(30,31)21-12-13-22(32-2)23(15-21)33-3/h4-15H,16H2,1-3H3,(H,27,29)/b26-17-. The minimum atomic E-state index is -4.12. The second-order valence-electron chi connectivity index (χ2n) is 7.11. The highest BCUT2D eigenvalue weighted by atomic mass is 127. The Balaban J connectivity index is 1.90. The van der Waals surface area contributed by atoms with E-state index >= 15 is 0 Å². The number of carbonyl (C=O) groups is 1. The minimum absolute atomic E-state index is 0.0413. The van der Waals surface area contributed by atoms with Crippen LogP contribution < -0.4 is 19.2 Å². The van der Waals surface area contributed by atoms with Crippen LogP contribution in [0.4, 0.5) is 5.69 Å². The van der Waals surface area contributed by atoms with Gasteiger partial charge in [0, 0.05) is 9.64 Å². The van der Waals surface area contributed by atoms with Crippen LogP contribution >= 0.6 is 22.6 Å². The summed E-state index contributed by atoms with van der Waals surface area (Å²) in [5, 5.41) is 4.14. The summed E-state index contributed by atoms with van der Waals surface area (Å²) >= 11 is 2.19. The molecule has 0 radical (unpaired) electrons. The van der Waals surface area contributed by atoms with Gasteiger partial charge in [0.05, 0.1) is 30.5 Å². The van der Waals surface area contributed by atoms with Crippen LogP contribution in [-0.4, -0.2) is 40.8 Å². The van der Waals surface area contributed by atoms with Gasteiger partial charge in [-0.1, -0.05) is 30.3 Å². The van der Waals surface area contributed by atoms with E-state index in [2.05, 4.69) is 33.1 Å². The Hall–Kier alpha value is -3.12. The molecule has 0 fully saturated rings. The van der Waals surface area contributed by atoms with Crippen molar-refractivity contribution in [2.45, 2.75) is 11.8 Å². The SMILES string of the molecule is COc1ccc(S(=O)(=O)N(CC(=O)N/N=C(/C)c2cccc(I)c2)c2ccccc2)cc1OC. The second-order valence-corrected chi connectivity index (χ2v) is 10.2. The summed E-state index contributed by atoms with van der Waals surface area (Å²) < 4.78 is 39.6. The summed E-state index contributed by atoms with van der Waals surface area (Å²) in [6.07, 6.45) is 0. The molecule has 0 atom stereocenters. The van der Waals surface area contributed by atoms with E-state index in [9.17, 15) is 13.2 Å². The van der Waals surface area contributed by atoms with Gasteiger partial charge < -0.3 is 9.47 Å². The molecule has 0 bridgehead atoms. The largest absolute Gasteiger partial charge is 0.493 e. The van der Waals surface area contributed by atoms with Gasteiger partial charge in [-0.15, -0.1) is 0 Å². The fourth-order valence-corrected chi connectivity index (χ4v) is 5.08. The Morgan fingerprint density at radius 3 is 2.32 bits per heavy atom. The first kappa shape index (κ1) is 25.5. The number of nitrogens with one attached hydrogen (secondary N) is 1. The summed E-state index contributed by atoms with van der Waals surface area (Å²) in [5.74, 6) is 0.0717. The molecule has 10 heteroatoms. The highest BCUT2D eigenvalue weighted by Crippen LogP contribution is 2.32. The van der Waals surface area contributed by atoms with E-state index in [1.165, 1.54) is 32.4 Å². The molecule has 8 nitrogen and oxygen atoms in total. The molecule has 1 amide bonds. The van der Waals surface area contributed by atoms with Crippen LogP contribution in [0.2, 0.25) is 0 Å². The van der Waals surface area contributed by atoms with Crippen molar-refractivity contribution in [1.82, 2.24) is 5.43 Å². The number of sulfonamides is 1. The number of carbonyl (C=O) groups excluding carboxylic acids is 1. The number of hydrogen-bond acceptors (Lipinski definition) is 6. The van der Waals surface area contributed by atoms with Gasteiger partial charge in [0.25, 0.3) is 15.9 Å². The van der Waals surface area contributed by atoms with E-state index in [4.69, 9.17) is 9.47 Å². The number of benzene rings is 3. The van der Waals surface area contributed by atoms with Crippen molar-refractivity contribution in [3.63, 3.8) is 0 Å². The van der Waals surface area contributed by atoms with Crippen molar-refractivity contribution < 1.29 is 22.7 Å². The fourth-order valence-electron chi connectivity index (χ4n) is 3.10. The lowest BCUT2D eigenvalue weighted by Gasteiger charge is -2.24. The fraction of sp³-hybridized carbons (Fsp3) is 0.167. The molecule has 0 spiro atoms. The Kier molecular flexibility index (Phi) is 8.51. The summed E-state index contributed by atoms with van der Waals surface area (Å²) in [6.45, 7) is 1.30. The first-order valence-electron chi connectivity index (χ1n) is 10.1. The normalized spacial score (nSPS) is 11.6. The van der Waals surface area contributed by atoms with Gasteiger partial charge in [-0.25, -0.2) is 13.8 Å². The third kappa shape index (κ3) is 6.06. The van der Waals surface area contributed by atoms with E-state index in [1.807, 2.05) is 24.3 Å². The highest BCUT2D eigenvalue weighted by Gasteiger charge is 2.28. The van der Waals surface area contributed by atoms with Crippen molar-refractivity contribution in [3.8, 4) is 11.5 Å². The zero-order chi connectivity index (χ0) is 24.7. The third-order valence-corrected chi connectivity index (χ3v) is 7.31. The molecule has 3 aromatic rings. The molecule has 34 heavy (non-hydrogen) atoms. The predicted molar refractivity (Wildman–Crippen MR) is 140 cm³/mol. The van der Waals surface area contributed by atoms with Crippen molar-refractivity contribution >= 4 is 49.9 Å². The Bertz CT molecular complexity index is 1300. The highest BCUT2D eigenvalue weighted by molar-refractivity contribution is 14.1. The number of ether oxygens (including phenoxy) is 2. The zero-order valence-corrected chi connectivity index (χ0v) is 21.8. The number of hydrogen-bond donors (Lipinski definition) is 1. The van der Waals surface area contributed by atoms with Gasteiger partial charge in [-0.05, 0) is 71.5 Å². The third-order valence-electron chi connectivity index (χ3n) is 4.87. The number of anilines is 1. The lowest BCUT2D eigenvalue weighted by Crippen LogP contribution is -2.39. The predicted octanol–water partition coefficient (Wildman–Crippen LogP) is 4.04. The Labute approximate surface area is 212 Å². The van der Waals surface area contributed by atoms with Gasteiger partial charge in [-0.2, -0.15) is 5.10 Å². The molecular formula is C24H24IN3O5S. The molecule has 3 rings (SSSR count). The topological polar surface area (TPSA) is 97.3 Å². The molecule has 0 unspecified atom stereocenters. The molecule has 0 aliphatic carbocycles. The summed E-state index contributed by atoms with van der Waals surface area (Å²) in [7, 11) is -1.23. The number of nitrogens with zero attached hydrogens (tertiary/aromatic N) is 2. The van der Waals surface area contributed by atoms with Crippen molar-refractivity contribution in [2.24, 2.45) is 5.10 Å². The molecule has 0 aliphatic rings. The molecule has 0 aromatic heterocycles. The van der Waals surface area contributed by atoms with Crippen LogP contribution in [0.5, 0.6) is 11.5 Å². The van der Waals surface area contributed by atoms with Gasteiger partial charge in [-0.3, -0.25) is 9.10 Å². The van der Waals surface area contributed by atoms with Crippen LogP contribution in [0.3, 0.4) is 0 Å². The van der Waals surface area contributed by atoms with Gasteiger partial charge in [0.2, 0.25) is 0 Å². The minimum Gasteiger partial charge on any atom is -0.493 e. The molecule has 0 heterocycles. The van der Waals surface area contributed by atoms with Gasteiger partial charge in [0.15, 0.2) is 11.5 Å². The number of hydrazone groups is 1. The van der Waals surface area contributed by atoms with Crippen molar-refractivity contribution in [3.05, 3.63) is 81.9 Å². The first-order chi connectivity index (χ1) is 16.3. The number of halogens is 1. The van der Waals surface area contributed by atoms with E-state index in [-0.39, 0.29) is 10.6 Å². The first-order valence-corrected chi connectivity index (χ1v) is 12.7. The van der Waals surface area contributed by atoms with Crippen LogP contribution in [0.1, 0.15) is 12.5 Å². The maximum Gasteiger partial charge on any atom is 0.264 e. The molecule has 0 saturated carbocycles. The lowest BCUT2D eigenvalue weighted by atomic mass is 10.1. The zero-order valence-electron chi connectivity index (χ0n) is 18.9. The second kappa shape index (κ2) is 11.3. The maximum atomic E-state index is 13.5. The van der Waals surface area contributed by atoms with Crippen LogP contribution in [0, 0.1) is 3.57 Å². The van der Waals surface area contributed by atoms with Gasteiger partial charge in [0.1, 0.15) is 6.54 Å². The summed E-state index contributed by atoms with van der Waals surface area (Å²) in [5.41, 5.74) is 4.25. The molecule has 3 aromatic carbocycles. The van der Waals surface area contributed by atoms with Crippen LogP contribution in [0.15, 0.2) is 82.8 Å². The monoisotopic (exact) mass is 593 g/mol. The van der Waals surface area contributed by atoms with Crippen molar-refractivity contribution in [2.75, 3.05) is 25.1 Å². The lowest BCUT2D eigenvalue weighted by molar-refractivity contribution is -0.119. The molecule has 178 valence electrons. The number of amides is 1. The van der Waals surface area contributed by atoms with Crippen molar-refractivity contribution in [1.29, 1.82) is 0 Å². The summed E-state index contributed by atoms with van der Waals surface area (Å²) in [6, 6.07) is 20.3. The maximum absolute atomic E-state index is 13.5. The van der Waals surface area contributed by atoms with Crippen LogP contribution in [0.25, 0.3) is 0 Å². The molecular weight excluding hydrogens is 569 g/mol. The Morgan fingerprint density at radius 2 is 1.68 bits per heavy atom. The molecule has 1 N–H and O–H groups in total. The number of rotatable bonds is 9. The number of para-hydroxylation sites is 1. The van der Waals surface area contributed by atoms with E-state index in [0.717, 1.165) is 13.4 Å². The van der Waals surface area contributed by atoms with E-state index < -0.39 is 22.5 Å². The van der Waals surface area contributed by atoms with E-state index in [1.54, 1.807) is 37.3 Å². The quantitative estimate of drug-likeness (QED) is 0.230. The average molecular weight is 593 g/mol. The van der Waals surface area contributed by atoms with Gasteiger partial charge >= 0.3 is 0 Å². The van der Waals surface area contributed by atoms with E-state index in [0.29, 0.717) is 17.1 Å². The number of methoxy groups -OCH3 is 2.